The fourth-order valence-electron chi connectivity index (χ4n) is 1.85. The van der Waals surface area contributed by atoms with Crippen molar-refractivity contribution in [2.75, 3.05) is 6.54 Å². The third-order valence-corrected chi connectivity index (χ3v) is 3.62. The van der Waals surface area contributed by atoms with Gasteiger partial charge < -0.3 is 10.6 Å². The van der Waals surface area contributed by atoms with Crippen molar-refractivity contribution in [3.8, 4) is 0 Å². The van der Waals surface area contributed by atoms with Crippen LogP contribution < -0.4 is 10.6 Å². The average molecular weight is 276 g/mol. The van der Waals surface area contributed by atoms with Crippen molar-refractivity contribution in [1.29, 1.82) is 0 Å². The minimum atomic E-state index is -0.127. The van der Waals surface area contributed by atoms with Crippen LogP contribution in [0.3, 0.4) is 0 Å². The van der Waals surface area contributed by atoms with Gasteiger partial charge in [0.1, 0.15) is 0 Å². The number of rotatable bonds is 7. The Bertz CT molecular complexity index is 421. The molecule has 0 saturated heterocycles. The van der Waals surface area contributed by atoms with Gasteiger partial charge >= 0.3 is 0 Å². The average Bonchev–Trinajstić information content (AvgIpc) is 2.38. The number of benzene rings is 1. The second-order valence-corrected chi connectivity index (χ2v) is 6.29. The number of nitrogens with one attached hydrogen (secondary N) is 2. The summed E-state index contributed by atoms with van der Waals surface area (Å²) in [5.41, 5.74) is 2.42. The Morgan fingerprint density at radius 1 is 1.20 bits per heavy atom. The predicted molar refractivity (Wildman–Crippen MR) is 84.8 cm³/mol. The standard InChI is InChI=1S/C17H28N2O/c1-6-17(4,5)19-16(20)12-18-11-14-7-9-15(10-8-14)13(2)3/h7-10,13,18H,6,11-12H2,1-5H3,(H,19,20). The van der Waals surface area contributed by atoms with E-state index in [1.165, 1.54) is 11.1 Å². The molecule has 0 radical (unpaired) electrons. The lowest BCUT2D eigenvalue weighted by atomic mass is 10.0. The van der Waals surface area contributed by atoms with Gasteiger partial charge in [-0.05, 0) is 37.3 Å². The minimum absolute atomic E-state index is 0.0515. The molecule has 3 heteroatoms. The lowest BCUT2D eigenvalue weighted by molar-refractivity contribution is -0.121. The summed E-state index contributed by atoms with van der Waals surface area (Å²) in [6.07, 6.45) is 0.926. The Balaban J connectivity index is 2.35. The van der Waals surface area contributed by atoms with E-state index in [4.69, 9.17) is 0 Å². The molecule has 20 heavy (non-hydrogen) atoms. The monoisotopic (exact) mass is 276 g/mol. The molecule has 0 fully saturated rings. The van der Waals surface area contributed by atoms with E-state index in [2.05, 4.69) is 55.7 Å². The number of amides is 1. The van der Waals surface area contributed by atoms with Crippen LogP contribution in [-0.2, 0) is 11.3 Å². The lowest BCUT2D eigenvalue weighted by Gasteiger charge is -2.24. The first-order chi connectivity index (χ1) is 9.34. The van der Waals surface area contributed by atoms with Gasteiger partial charge in [0.2, 0.25) is 5.91 Å². The predicted octanol–water partition coefficient (Wildman–Crippen LogP) is 3.20. The van der Waals surface area contributed by atoms with Crippen LogP contribution >= 0.6 is 0 Å². The van der Waals surface area contributed by atoms with Crippen LogP contribution in [0.2, 0.25) is 0 Å². The van der Waals surface area contributed by atoms with Gasteiger partial charge in [-0.15, -0.1) is 0 Å². The van der Waals surface area contributed by atoms with Crippen molar-refractivity contribution >= 4 is 5.91 Å². The number of hydrogen-bond acceptors (Lipinski definition) is 2. The van der Waals surface area contributed by atoms with E-state index < -0.39 is 0 Å². The van der Waals surface area contributed by atoms with Gasteiger partial charge in [0.25, 0.3) is 0 Å². The summed E-state index contributed by atoms with van der Waals surface area (Å²) in [6, 6.07) is 8.55. The number of hydrogen-bond donors (Lipinski definition) is 2. The Labute approximate surface area is 123 Å². The summed E-state index contributed by atoms with van der Waals surface area (Å²) in [6.45, 7) is 11.6. The van der Waals surface area contributed by atoms with Gasteiger partial charge in [0, 0.05) is 12.1 Å². The molecule has 3 nitrogen and oxygen atoms in total. The molecule has 2 N–H and O–H groups in total. The fourth-order valence-corrected chi connectivity index (χ4v) is 1.85. The van der Waals surface area contributed by atoms with E-state index in [0.29, 0.717) is 12.5 Å². The zero-order valence-corrected chi connectivity index (χ0v) is 13.4. The summed E-state index contributed by atoms with van der Waals surface area (Å²) in [5, 5.41) is 6.20. The summed E-state index contributed by atoms with van der Waals surface area (Å²) in [4.78, 5) is 11.8. The highest BCUT2D eigenvalue weighted by molar-refractivity contribution is 5.78. The molecule has 0 unspecified atom stereocenters. The third kappa shape index (κ3) is 5.74. The maximum absolute atomic E-state index is 11.8. The molecule has 0 bridgehead atoms. The molecule has 0 aliphatic rings. The molecule has 0 saturated carbocycles. The van der Waals surface area contributed by atoms with Gasteiger partial charge in [-0.1, -0.05) is 45.0 Å². The van der Waals surface area contributed by atoms with Crippen LogP contribution in [0.25, 0.3) is 0 Å². The highest BCUT2D eigenvalue weighted by Gasteiger charge is 2.16. The van der Waals surface area contributed by atoms with Crippen LogP contribution in [0.4, 0.5) is 0 Å². The molecule has 0 atom stereocenters. The van der Waals surface area contributed by atoms with Crippen molar-refractivity contribution in [1.82, 2.24) is 10.6 Å². The summed E-state index contributed by atoms with van der Waals surface area (Å²) in [7, 11) is 0. The Morgan fingerprint density at radius 2 is 1.80 bits per heavy atom. The fraction of sp³-hybridized carbons (Fsp3) is 0.588. The van der Waals surface area contributed by atoms with Crippen molar-refractivity contribution in [2.45, 2.75) is 59.0 Å². The Kier molecular flexibility index (Phi) is 6.21. The first-order valence-corrected chi connectivity index (χ1v) is 7.44. The van der Waals surface area contributed by atoms with Gasteiger partial charge in [-0.2, -0.15) is 0 Å². The van der Waals surface area contributed by atoms with E-state index in [9.17, 15) is 4.79 Å². The molecular formula is C17H28N2O. The maximum atomic E-state index is 11.8. The smallest absolute Gasteiger partial charge is 0.234 e. The van der Waals surface area contributed by atoms with Crippen molar-refractivity contribution in [3.05, 3.63) is 35.4 Å². The summed E-state index contributed by atoms with van der Waals surface area (Å²) < 4.78 is 0. The zero-order valence-electron chi connectivity index (χ0n) is 13.4. The lowest BCUT2D eigenvalue weighted by Crippen LogP contribution is -2.46. The van der Waals surface area contributed by atoms with Gasteiger partial charge in [0.15, 0.2) is 0 Å². The van der Waals surface area contributed by atoms with E-state index in [1.807, 2.05) is 13.8 Å². The molecule has 1 amide bonds. The van der Waals surface area contributed by atoms with Crippen molar-refractivity contribution in [3.63, 3.8) is 0 Å². The van der Waals surface area contributed by atoms with Crippen LogP contribution in [0.5, 0.6) is 0 Å². The summed E-state index contributed by atoms with van der Waals surface area (Å²) >= 11 is 0. The highest BCUT2D eigenvalue weighted by atomic mass is 16.2. The molecule has 1 aromatic carbocycles. The normalized spacial score (nSPS) is 11.7. The van der Waals surface area contributed by atoms with Crippen LogP contribution in [0.15, 0.2) is 24.3 Å². The molecule has 0 heterocycles. The van der Waals surface area contributed by atoms with Gasteiger partial charge in [-0.3, -0.25) is 4.79 Å². The molecule has 0 spiro atoms. The zero-order chi connectivity index (χ0) is 15.2. The van der Waals surface area contributed by atoms with E-state index in [-0.39, 0.29) is 11.4 Å². The second-order valence-electron chi connectivity index (χ2n) is 6.29. The van der Waals surface area contributed by atoms with E-state index in [0.717, 1.165) is 13.0 Å². The molecule has 112 valence electrons. The topological polar surface area (TPSA) is 41.1 Å². The van der Waals surface area contributed by atoms with Crippen molar-refractivity contribution < 1.29 is 4.79 Å². The Hall–Kier alpha value is -1.35. The molecule has 0 aliphatic carbocycles. The van der Waals surface area contributed by atoms with Gasteiger partial charge in [0.05, 0.1) is 6.54 Å². The second kappa shape index (κ2) is 7.44. The SMILES string of the molecule is CCC(C)(C)NC(=O)CNCc1ccc(C(C)C)cc1. The first kappa shape index (κ1) is 16.7. The van der Waals surface area contributed by atoms with E-state index >= 15 is 0 Å². The first-order valence-electron chi connectivity index (χ1n) is 7.44. The quantitative estimate of drug-likeness (QED) is 0.803. The number of carbonyl (C=O) groups is 1. The highest BCUT2D eigenvalue weighted by Crippen LogP contribution is 2.14. The van der Waals surface area contributed by atoms with Crippen molar-refractivity contribution in [2.24, 2.45) is 0 Å². The molecule has 0 aromatic heterocycles. The van der Waals surface area contributed by atoms with Gasteiger partial charge in [-0.25, -0.2) is 0 Å². The minimum Gasteiger partial charge on any atom is -0.350 e. The molecule has 1 aromatic rings. The number of carbonyl (C=O) groups excluding carboxylic acids is 1. The third-order valence-electron chi connectivity index (χ3n) is 3.62. The van der Waals surface area contributed by atoms with Crippen LogP contribution in [-0.4, -0.2) is 18.0 Å². The Morgan fingerprint density at radius 3 is 2.30 bits per heavy atom. The summed E-state index contributed by atoms with van der Waals surface area (Å²) in [5.74, 6) is 0.606. The van der Waals surface area contributed by atoms with Crippen LogP contribution in [0, 0.1) is 0 Å². The molecule has 0 aliphatic heterocycles. The molecular weight excluding hydrogens is 248 g/mol. The molecule has 1 rings (SSSR count). The largest absolute Gasteiger partial charge is 0.350 e. The van der Waals surface area contributed by atoms with E-state index in [1.54, 1.807) is 0 Å². The maximum Gasteiger partial charge on any atom is 0.234 e. The van der Waals surface area contributed by atoms with Crippen LogP contribution in [0.1, 0.15) is 58.1 Å².